The first-order chi connectivity index (χ1) is 6.43. The van der Waals surface area contributed by atoms with Crippen molar-refractivity contribution in [2.24, 2.45) is 0 Å². The Labute approximate surface area is 94.6 Å². The van der Waals surface area contributed by atoms with Crippen LogP contribution < -0.4 is 0 Å². The van der Waals surface area contributed by atoms with Crippen LogP contribution in [-0.4, -0.2) is 52.8 Å². The van der Waals surface area contributed by atoms with Crippen molar-refractivity contribution >= 4 is 15.9 Å². The van der Waals surface area contributed by atoms with E-state index < -0.39 is 0 Å². The van der Waals surface area contributed by atoms with Crippen molar-refractivity contribution in [1.29, 1.82) is 0 Å². The Hall–Kier alpha value is 0.360. The van der Waals surface area contributed by atoms with Gasteiger partial charge in [-0.1, -0.05) is 15.9 Å². The zero-order chi connectivity index (χ0) is 10.8. The second-order valence-electron chi connectivity index (χ2n) is 4.69. The fourth-order valence-electron chi connectivity index (χ4n) is 2.07. The number of β-amino-alcohol motifs (C(OH)–C–C–N with tert-alkyl or cyclic N) is 1. The summed E-state index contributed by atoms with van der Waals surface area (Å²) in [7, 11) is 0. The fourth-order valence-corrected chi connectivity index (χ4v) is 2.28. The number of hydrogen-bond acceptors (Lipinski definition) is 3. The molecule has 0 radical (unpaired) electrons. The molecule has 84 valence electrons. The van der Waals surface area contributed by atoms with Gasteiger partial charge in [0.15, 0.2) is 0 Å². The number of ether oxygens (including phenoxy) is 1. The molecule has 1 saturated heterocycles. The van der Waals surface area contributed by atoms with Crippen molar-refractivity contribution in [2.75, 3.05) is 25.0 Å². The molecule has 0 spiro atoms. The van der Waals surface area contributed by atoms with Crippen LogP contribution in [0.2, 0.25) is 0 Å². The van der Waals surface area contributed by atoms with E-state index in [1.165, 1.54) is 0 Å². The Kier molecular flexibility index (Phi) is 4.37. The molecule has 4 heteroatoms. The van der Waals surface area contributed by atoms with E-state index in [9.17, 15) is 5.11 Å². The summed E-state index contributed by atoms with van der Waals surface area (Å²) in [6.45, 7) is 8.79. The summed E-state index contributed by atoms with van der Waals surface area (Å²) in [4.78, 5) is 2.26. The number of halogens is 1. The van der Waals surface area contributed by atoms with Gasteiger partial charge in [0.1, 0.15) is 0 Å². The first-order valence-corrected chi connectivity index (χ1v) is 6.19. The lowest BCUT2D eigenvalue weighted by Crippen LogP contribution is -2.53. The molecule has 0 aromatic heterocycles. The number of hydrogen-bond donors (Lipinski definition) is 1. The average molecular weight is 266 g/mol. The van der Waals surface area contributed by atoms with Gasteiger partial charge >= 0.3 is 0 Å². The van der Waals surface area contributed by atoms with Crippen molar-refractivity contribution in [1.82, 2.24) is 4.90 Å². The molecule has 1 rings (SSSR count). The highest BCUT2D eigenvalue weighted by Crippen LogP contribution is 2.20. The third kappa shape index (κ3) is 3.85. The van der Waals surface area contributed by atoms with Crippen molar-refractivity contribution in [3.8, 4) is 0 Å². The van der Waals surface area contributed by atoms with Crippen LogP contribution in [0.1, 0.15) is 20.8 Å². The second kappa shape index (κ2) is 4.92. The number of morpholine rings is 1. The molecular weight excluding hydrogens is 246 g/mol. The highest BCUT2D eigenvalue weighted by Gasteiger charge is 2.31. The molecule has 1 aliphatic rings. The van der Waals surface area contributed by atoms with E-state index in [-0.39, 0.29) is 17.8 Å². The standard InChI is InChI=1S/C10H20BrNO2/c1-8-5-12(6-9(13)4-11)7-10(2,3)14-8/h8-9,13H,4-7H2,1-3H3. The molecule has 1 N–H and O–H groups in total. The average Bonchev–Trinajstić information content (AvgIpc) is 1.99. The third-order valence-corrected chi connectivity index (χ3v) is 3.03. The largest absolute Gasteiger partial charge is 0.391 e. The summed E-state index contributed by atoms with van der Waals surface area (Å²) in [5, 5.41) is 10.2. The Balaban J connectivity index is 2.45. The fraction of sp³-hybridized carbons (Fsp3) is 1.00. The molecule has 0 aliphatic carbocycles. The van der Waals surface area contributed by atoms with Crippen LogP contribution in [0, 0.1) is 0 Å². The molecule has 0 bridgehead atoms. The predicted molar refractivity (Wildman–Crippen MR) is 60.9 cm³/mol. The highest BCUT2D eigenvalue weighted by molar-refractivity contribution is 9.09. The van der Waals surface area contributed by atoms with E-state index in [0.717, 1.165) is 19.6 Å². The molecule has 3 nitrogen and oxygen atoms in total. The summed E-state index contributed by atoms with van der Waals surface area (Å²) >= 11 is 3.28. The maximum Gasteiger partial charge on any atom is 0.0763 e. The maximum absolute atomic E-state index is 9.54. The maximum atomic E-state index is 9.54. The molecule has 14 heavy (non-hydrogen) atoms. The normalized spacial score (nSPS) is 30.2. The molecule has 1 fully saturated rings. The number of nitrogens with zero attached hydrogens (tertiary/aromatic N) is 1. The molecular formula is C10H20BrNO2. The van der Waals surface area contributed by atoms with E-state index in [1.807, 2.05) is 0 Å². The molecule has 1 aliphatic heterocycles. The monoisotopic (exact) mass is 265 g/mol. The Morgan fingerprint density at radius 1 is 1.64 bits per heavy atom. The smallest absolute Gasteiger partial charge is 0.0763 e. The van der Waals surface area contributed by atoms with Crippen LogP contribution in [0.3, 0.4) is 0 Å². The van der Waals surface area contributed by atoms with Crippen LogP contribution in [-0.2, 0) is 4.74 Å². The van der Waals surface area contributed by atoms with Crippen molar-refractivity contribution in [2.45, 2.75) is 38.6 Å². The lowest BCUT2D eigenvalue weighted by Gasteiger charge is -2.42. The summed E-state index contributed by atoms with van der Waals surface area (Å²) in [6.07, 6.45) is -0.0302. The SMILES string of the molecule is CC1CN(CC(O)CBr)CC(C)(C)O1. The minimum Gasteiger partial charge on any atom is -0.391 e. The van der Waals surface area contributed by atoms with Gasteiger partial charge in [0, 0.05) is 25.0 Å². The summed E-state index contributed by atoms with van der Waals surface area (Å²) in [5.41, 5.74) is -0.0936. The summed E-state index contributed by atoms with van der Waals surface area (Å²) in [5.74, 6) is 0. The van der Waals surface area contributed by atoms with Gasteiger partial charge in [-0.25, -0.2) is 0 Å². The van der Waals surface area contributed by atoms with E-state index in [1.54, 1.807) is 0 Å². The highest BCUT2D eigenvalue weighted by atomic mass is 79.9. The van der Waals surface area contributed by atoms with Crippen molar-refractivity contribution < 1.29 is 9.84 Å². The molecule has 2 unspecified atom stereocenters. The molecule has 2 atom stereocenters. The molecule has 0 aromatic rings. The van der Waals surface area contributed by atoms with Gasteiger partial charge < -0.3 is 9.84 Å². The zero-order valence-corrected chi connectivity index (χ0v) is 10.7. The Bertz CT molecular complexity index is 187. The van der Waals surface area contributed by atoms with Gasteiger partial charge in [-0.05, 0) is 20.8 Å². The molecule has 0 aromatic carbocycles. The number of aliphatic hydroxyl groups is 1. The van der Waals surface area contributed by atoms with Crippen LogP contribution in [0.25, 0.3) is 0 Å². The number of aliphatic hydroxyl groups excluding tert-OH is 1. The topological polar surface area (TPSA) is 32.7 Å². The lowest BCUT2D eigenvalue weighted by atomic mass is 10.1. The van der Waals surface area contributed by atoms with E-state index in [4.69, 9.17) is 4.74 Å². The van der Waals surface area contributed by atoms with Crippen LogP contribution in [0.15, 0.2) is 0 Å². The second-order valence-corrected chi connectivity index (χ2v) is 5.34. The van der Waals surface area contributed by atoms with Gasteiger partial charge in [-0.2, -0.15) is 0 Å². The van der Waals surface area contributed by atoms with Gasteiger partial charge in [-0.3, -0.25) is 4.90 Å². The number of rotatable bonds is 3. The first-order valence-electron chi connectivity index (χ1n) is 5.07. The summed E-state index contributed by atoms with van der Waals surface area (Å²) < 4.78 is 5.78. The first kappa shape index (κ1) is 12.4. The third-order valence-electron chi connectivity index (χ3n) is 2.29. The lowest BCUT2D eigenvalue weighted by molar-refractivity contribution is -0.132. The molecule has 0 saturated carbocycles. The van der Waals surface area contributed by atoms with Crippen molar-refractivity contribution in [3.63, 3.8) is 0 Å². The van der Waals surface area contributed by atoms with E-state index >= 15 is 0 Å². The molecule has 1 heterocycles. The van der Waals surface area contributed by atoms with Gasteiger partial charge in [0.2, 0.25) is 0 Å². The van der Waals surface area contributed by atoms with Crippen LogP contribution >= 0.6 is 15.9 Å². The van der Waals surface area contributed by atoms with Gasteiger partial charge in [0.25, 0.3) is 0 Å². The van der Waals surface area contributed by atoms with E-state index in [2.05, 4.69) is 41.6 Å². The summed E-state index contributed by atoms with van der Waals surface area (Å²) in [6, 6.07) is 0. The predicted octanol–water partition coefficient (Wildman–Crippen LogP) is 1.24. The van der Waals surface area contributed by atoms with Gasteiger partial charge in [-0.15, -0.1) is 0 Å². The minimum absolute atomic E-state index is 0.0936. The van der Waals surface area contributed by atoms with Crippen molar-refractivity contribution in [3.05, 3.63) is 0 Å². The van der Waals surface area contributed by atoms with Crippen LogP contribution in [0.4, 0.5) is 0 Å². The Morgan fingerprint density at radius 3 is 2.79 bits per heavy atom. The van der Waals surface area contributed by atoms with E-state index in [0.29, 0.717) is 5.33 Å². The van der Waals surface area contributed by atoms with Gasteiger partial charge in [0.05, 0.1) is 17.8 Å². The Morgan fingerprint density at radius 2 is 2.29 bits per heavy atom. The minimum atomic E-state index is -0.281. The van der Waals surface area contributed by atoms with Crippen LogP contribution in [0.5, 0.6) is 0 Å². The molecule has 0 amide bonds. The zero-order valence-electron chi connectivity index (χ0n) is 9.16. The number of alkyl halides is 1. The quantitative estimate of drug-likeness (QED) is 0.780.